The standard InChI is InChI=1S/C19H15ClO2/c1-12(13-6-5-7-14(20)10-13)11-19(2)17(21)15-8-3-4-9-16(15)18(19)22/h3-10H,1,11H2,2H3. The van der Waals surface area contributed by atoms with E-state index >= 15 is 0 Å². The molecule has 2 aromatic rings. The first-order valence-electron chi connectivity index (χ1n) is 7.06. The van der Waals surface area contributed by atoms with Gasteiger partial charge in [0.25, 0.3) is 0 Å². The fourth-order valence-corrected chi connectivity index (χ4v) is 3.16. The molecule has 0 bridgehead atoms. The Morgan fingerprint density at radius 2 is 1.64 bits per heavy atom. The van der Waals surface area contributed by atoms with Crippen LogP contribution in [0.3, 0.4) is 0 Å². The van der Waals surface area contributed by atoms with Gasteiger partial charge in [-0.2, -0.15) is 0 Å². The maximum atomic E-state index is 12.7. The summed E-state index contributed by atoms with van der Waals surface area (Å²) in [7, 11) is 0. The molecule has 0 heterocycles. The van der Waals surface area contributed by atoms with E-state index in [0.717, 1.165) is 11.1 Å². The van der Waals surface area contributed by atoms with Crippen LogP contribution < -0.4 is 0 Å². The van der Waals surface area contributed by atoms with Crippen molar-refractivity contribution in [2.24, 2.45) is 5.41 Å². The van der Waals surface area contributed by atoms with E-state index in [0.29, 0.717) is 22.6 Å². The lowest BCUT2D eigenvalue weighted by Crippen LogP contribution is -2.30. The van der Waals surface area contributed by atoms with Gasteiger partial charge in [-0.15, -0.1) is 0 Å². The smallest absolute Gasteiger partial charge is 0.177 e. The van der Waals surface area contributed by atoms with Crippen LogP contribution in [0.25, 0.3) is 5.57 Å². The van der Waals surface area contributed by atoms with Crippen LogP contribution in [0.1, 0.15) is 39.6 Å². The van der Waals surface area contributed by atoms with E-state index in [4.69, 9.17) is 11.6 Å². The summed E-state index contributed by atoms with van der Waals surface area (Å²) in [4.78, 5) is 25.3. The van der Waals surface area contributed by atoms with Crippen molar-refractivity contribution in [3.05, 3.63) is 76.8 Å². The van der Waals surface area contributed by atoms with Gasteiger partial charge in [-0.1, -0.05) is 54.6 Å². The fourth-order valence-electron chi connectivity index (χ4n) is 2.97. The molecule has 0 saturated carbocycles. The number of hydrogen-bond donors (Lipinski definition) is 0. The van der Waals surface area contributed by atoms with Crippen molar-refractivity contribution >= 4 is 28.7 Å². The number of halogens is 1. The Labute approximate surface area is 134 Å². The number of carbonyl (C=O) groups is 2. The quantitative estimate of drug-likeness (QED) is 0.761. The molecule has 1 aliphatic carbocycles. The molecule has 3 heteroatoms. The van der Waals surface area contributed by atoms with Crippen LogP contribution in [0.2, 0.25) is 5.02 Å². The predicted octanol–water partition coefficient (Wildman–Crippen LogP) is 4.83. The zero-order valence-electron chi connectivity index (χ0n) is 12.2. The van der Waals surface area contributed by atoms with Gasteiger partial charge < -0.3 is 0 Å². The molecule has 0 radical (unpaired) electrons. The molecular formula is C19H15ClO2. The number of rotatable bonds is 3. The van der Waals surface area contributed by atoms with E-state index < -0.39 is 5.41 Å². The predicted molar refractivity (Wildman–Crippen MR) is 88.3 cm³/mol. The lowest BCUT2D eigenvalue weighted by molar-refractivity contribution is 0.0729. The van der Waals surface area contributed by atoms with Gasteiger partial charge >= 0.3 is 0 Å². The zero-order chi connectivity index (χ0) is 15.9. The second-order valence-electron chi connectivity index (χ2n) is 5.83. The molecule has 0 amide bonds. The van der Waals surface area contributed by atoms with Crippen LogP contribution >= 0.6 is 11.6 Å². The largest absolute Gasteiger partial charge is 0.293 e. The minimum absolute atomic E-state index is 0.128. The minimum atomic E-state index is -1.08. The normalized spacial score (nSPS) is 15.7. The third kappa shape index (κ3) is 2.20. The summed E-state index contributed by atoms with van der Waals surface area (Å²) in [6, 6.07) is 14.3. The van der Waals surface area contributed by atoms with E-state index in [1.807, 2.05) is 12.1 Å². The molecule has 22 heavy (non-hydrogen) atoms. The van der Waals surface area contributed by atoms with Gasteiger partial charge in [0.2, 0.25) is 0 Å². The molecule has 0 aliphatic heterocycles. The topological polar surface area (TPSA) is 34.1 Å². The van der Waals surface area contributed by atoms with Gasteiger partial charge in [0.15, 0.2) is 11.6 Å². The van der Waals surface area contributed by atoms with Crippen molar-refractivity contribution in [2.45, 2.75) is 13.3 Å². The molecule has 0 atom stereocenters. The molecule has 0 fully saturated rings. The summed E-state index contributed by atoms with van der Waals surface area (Å²) < 4.78 is 0. The molecule has 2 aromatic carbocycles. The highest BCUT2D eigenvalue weighted by atomic mass is 35.5. The summed E-state index contributed by atoms with van der Waals surface area (Å²) >= 11 is 6.00. The van der Waals surface area contributed by atoms with Crippen molar-refractivity contribution in [3.63, 3.8) is 0 Å². The lowest BCUT2D eigenvalue weighted by atomic mass is 9.78. The van der Waals surface area contributed by atoms with Crippen LogP contribution in [0, 0.1) is 5.41 Å². The summed E-state index contributed by atoms with van der Waals surface area (Å²) in [5, 5.41) is 0.608. The number of fused-ring (bicyclic) bond motifs is 1. The fraction of sp³-hybridized carbons (Fsp3) is 0.158. The number of hydrogen-bond acceptors (Lipinski definition) is 2. The number of benzene rings is 2. The number of ketones is 2. The van der Waals surface area contributed by atoms with Crippen LogP contribution in [-0.4, -0.2) is 11.6 Å². The molecule has 0 saturated heterocycles. The molecule has 0 unspecified atom stereocenters. The van der Waals surface area contributed by atoms with E-state index in [1.54, 1.807) is 43.3 Å². The van der Waals surface area contributed by atoms with Gasteiger partial charge in [0.1, 0.15) is 0 Å². The highest BCUT2D eigenvalue weighted by Gasteiger charge is 2.49. The van der Waals surface area contributed by atoms with Crippen LogP contribution in [0.15, 0.2) is 55.1 Å². The molecule has 1 aliphatic rings. The van der Waals surface area contributed by atoms with Crippen LogP contribution in [0.4, 0.5) is 0 Å². The molecular weight excluding hydrogens is 296 g/mol. The average Bonchev–Trinajstić information content (AvgIpc) is 2.70. The van der Waals surface area contributed by atoms with Gasteiger partial charge in [0.05, 0.1) is 5.41 Å². The van der Waals surface area contributed by atoms with Crippen molar-refractivity contribution < 1.29 is 9.59 Å². The Bertz CT molecular complexity index is 770. The van der Waals surface area contributed by atoms with Crippen molar-refractivity contribution in [3.8, 4) is 0 Å². The van der Waals surface area contributed by atoms with E-state index in [2.05, 4.69) is 6.58 Å². The van der Waals surface area contributed by atoms with Crippen LogP contribution in [-0.2, 0) is 0 Å². The number of carbonyl (C=O) groups excluding carboxylic acids is 2. The molecule has 0 aromatic heterocycles. The highest BCUT2D eigenvalue weighted by molar-refractivity contribution is 6.31. The van der Waals surface area contributed by atoms with E-state index in [9.17, 15) is 9.59 Å². The summed E-state index contributed by atoms with van der Waals surface area (Å²) in [5.41, 5.74) is 1.52. The highest BCUT2D eigenvalue weighted by Crippen LogP contribution is 2.42. The Balaban J connectivity index is 1.94. The SMILES string of the molecule is C=C(CC1(C)C(=O)c2ccccc2C1=O)c1cccc(Cl)c1. The van der Waals surface area contributed by atoms with Gasteiger partial charge in [-0.05, 0) is 36.6 Å². The lowest BCUT2D eigenvalue weighted by Gasteiger charge is -2.21. The maximum absolute atomic E-state index is 12.7. The maximum Gasteiger partial charge on any atom is 0.177 e. The molecule has 0 N–H and O–H groups in total. The number of allylic oxidation sites excluding steroid dienone is 1. The third-order valence-corrected chi connectivity index (χ3v) is 4.45. The Hall–Kier alpha value is -2.19. The first-order valence-corrected chi connectivity index (χ1v) is 7.43. The van der Waals surface area contributed by atoms with Crippen molar-refractivity contribution in [1.82, 2.24) is 0 Å². The van der Waals surface area contributed by atoms with Crippen LogP contribution in [0.5, 0.6) is 0 Å². The zero-order valence-corrected chi connectivity index (χ0v) is 13.0. The van der Waals surface area contributed by atoms with Gasteiger partial charge in [-0.3, -0.25) is 9.59 Å². The first-order chi connectivity index (χ1) is 10.4. The van der Waals surface area contributed by atoms with Crippen molar-refractivity contribution in [1.29, 1.82) is 0 Å². The monoisotopic (exact) mass is 310 g/mol. The summed E-state index contributed by atoms with van der Waals surface area (Å²) in [6.07, 6.45) is 0.291. The van der Waals surface area contributed by atoms with Gasteiger partial charge in [-0.25, -0.2) is 0 Å². The molecule has 110 valence electrons. The average molecular weight is 311 g/mol. The Morgan fingerprint density at radius 3 is 2.18 bits per heavy atom. The number of Topliss-reactive ketones (excluding diaryl/α,β-unsaturated/α-hetero) is 2. The van der Waals surface area contributed by atoms with E-state index in [1.165, 1.54) is 0 Å². The second kappa shape index (κ2) is 5.22. The van der Waals surface area contributed by atoms with Crippen molar-refractivity contribution in [2.75, 3.05) is 0 Å². The third-order valence-electron chi connectivity index (χ3n) is 4.22. The molecule has 3 rings (SSSR count). The summed E-state index contributed by atoms with van der Waals surface area (Å²) in [5.74, 6) is -0.257. The minimum Gasteiger partial charge on any atom is -0.293 e. The van der Waals surface area contributed by atoms with E-state index in [-0.39, 0.29) is 11.6 Å². The van der Waals surface area contributed by atoms with Gasteiger partial charge in [0, 0.05) is 16.1 Å². The summed E-state index contributed by atoms with van der Waals surface area (Å²) in [6.45, 7) is 5.75. The molecule has 0 spiro atoms. The first kappa shape index (κ1) is 14.7. The Kier molecular flexibility index (Phi) is 3.50. The Morgan fingerprint density at radius 1 is 1.05 bits per heavy atom. The second-order valence-corrected chi connectivity index (χ2v) is 6.26. The molecule has 2 nitrogen and oxygen atoms in total.